The Hall–Kier alpha value is -2.82. The molecule has 2 aromatic heterocycles. The quantitative estimate of drug-likeness (QED) is 0.309. The third-order valence-corrected chi connectivity index (χ3v) is 5.61. The lowest BCUT2D eigenvalue weighted by molar-refractivity contribution is -0.659. The van der Waals surface area contributed by atoms with E-state index in [9.17, 15) is 0 Å². The van der Waals surface area contributed by atoms with Gasteiger partial charge in [-0.25, -0.2) is 9.13 Å². The molecule has 4 nitrogen and oxygen atoms in total. The Bertz CT molecular complexity index is 1090. The molecule has 0 atom stereocenters. The third-order valence-electron chi connectivity index (χ3n) is 5.61. The highest BCUT2D eigenvalue weighted by molar-refractivity contribution is 6.96. The molecule has 0 unspecified atom stereocenters. The van der Waals surface area contributed by atoms with Crippen molar-refractivity contribution in [1.29, 1.82) is 0 Å². The number of hydrogen-bond acceptors (Lipinski definition) is 2. The van der Waals surface area contributed by atoms with Gasteiger partial charge in [0, 0.05) is 23.2 Å². The number of ether oxygens (including phenoxy) is 2. The van der Waals surface area contributed by atoms with Crippen LogP contribution in [0.3, 0.4) is 0 Å². The van der Waals surface area contributed by atoms with Gasteiger partial charge in [-0.1, -0.05) is 26.8 Å². The molecule has 0 saturated heterocycles. The lowest BCUT2D eigenvalue weighted by Crippen LogP contribution is -2.73. The summed E-state index contributed by atoms with van der Waals surface area (Å²) in [6.45, 7) is 6.77. The monoisotopic (exact) mass is 358 g/mol. The van der Waals surface area contributed by atoms with E-state index in [1.807, 2.05) is 30.3 Å². The van der Waals surface area contributed by atoms with Crippen LogP contribution in [0.1, 0.15) is 26.3 Å². The Balaban J connectivity index is 1.90. The fourth-order valence-electron chi connectivity index (χ4n) is 4.32. The molecule has 0 saturated carbocycles. The molecule has 0 aliphatic carbocycles. The maximum Gasteiger partial charge on any atom is 0.423 e. The first-order valence-electron chi connectivity index (χ1n) is 9.36. The van der Waals surface area contributed by atoms with E-state index in [1.165, 1.54) is 11.2 Å². The summed E-state index contributed by atoms with van der Waals surface area (Å²) >= 11 is 0. The fraction of sp³-hybridized carbons (Fsp3) is 0.273. The lowest BCUT2D eigenvalue weighted by atomic mass is 9.37. The van der Waals surface area contributed by atoms with Gasteiger partial charge in [-0.2, -0.15) is 0 Å². The highest BCUT2D eigenvalue weighted by atomic mass is 16.5. The summed E-state index contributed by atoms with van der Waals surface area (Å²) in [5.41, 5.74) is 4.65. The van der Waals surface area contributed by atoms with Gasteiger partial charge in [0.2, 0.25) is 0 Å². The molecule has 1 aromatic carbocycles. The van der Waals surface area contributed by atoms with Crippen LogP contribution < -0.4 is 35.3 Å². The Morgan fingerprint density at radius 2 is 1.44 bits per heavy atom. The molecule has 0 spiro atoms. The largest absolute Gasteiger partial charge is 0.452 e. The number of benzene rings is 1. The standard InChI is InChI=1S/C22H23BN2O2/c1-22(2,3)14-11-13-25(5)21-19(14)27-16-9-6-8-15-18(16)23(21)20-17(26-15)10-7-12-24(20)4/h6-13H,1-5H3/q+2. The van der Waals surface area contributed by atoms with Crippen molar-refractivity contribution in [1.82, 2.24) is 0 Å². The Kier molecular flexibility index (Phi) is 3.24. The molecular weight excluding hydrogens is 335 g/mol. The van der Waals surface area contributed by atoms with Crippen LogP contribution in [-0.2, 0) is 19.5 Å². The van der Waals surface area contributed by atoms with Crippen LogP contribution >= 0.6 is 0 Å². The van der Waals surface area contributed by atoms with Crippen LogP contribution in [0.15, 0.2) is 48.8 Å². The molecule has 0 radical (unpaired) electrons. The molecule has 0 amide bonds. The van der Waals surface area contributed by atoms with Gasteiger partial charge in [-0.3, -0.25) is 0 Å². The second kappa shape index (κ2) is 5.35. The van der Waals surface area contributed by atoms with Crippen LogP contribution in [0.25, 0.3) is 0 Å². The summed E-state index contributed by atoms with van der Waals surface area (Å²) in [7, 11) is 4.18. The molecule has 0 N–H and O–H groups in total. The molecule has 2 aliphatic heterocycles. The minimum absolute atomic E-state index is 0.0136. The summed E-state index contributed by atoms with van der Waals surface area (Å²) in [6, 6.07) is 12.3. The van der Waals surface area contributed by atoms with E-state index in [-0.39, 0.29) is 12.1 Å². The average molecular weight is 358 g/mol. The summed E-state index contributed by atoms with van der Waals surface area (Å²) in [6.07, 6.45) is 4.23. The first-order chi connectivity index (χ1) is 12.9. The van der Waals surface area contributed by atoms with Crippen LogP contribution in [0, 0.1) is 0 Å². The van der Waals surface area contributed by atoms with E-state index in [0.717, 1.165) is 34.1 Å². The van der Waals surface area contributed by atoms with Crippen LogP contribution in [0.2, 0.25) is 0 Å². The number of aryl methyl sites for hydroxylation is 2. The van der Waals surface area contributed by atoms with E-state index < -0.39 is 0 Å². The van der Waals surface area contributed by atoms with Gasteiger partial charge in [0.05, 0.1) is 0 Å². The molecule has 4 heterocycles. The summed E-state index contributed by atoms with van der Waals surface area (Å²) < 4.78 is 17.1. The molecule has 5 heteroatoms. The minimum atomic E-state index is -0.0136. The predicted octanol–water partition coefficient (Wildman–Crippen LogP) is 1.36. The van der Waals surface area contributed by atoms with Gasteiger partial charge in [0.1, 0.15) is 25.6 Å². The normalized spacial score (nSPS) is 13.9. The van der Waals surface area contributed by atoms with Crippen molar-refractivity contribution in [3.63, 3.8) is 0 Å². The summed E-state index contributed by atoms with van der Waals surface area (Å²) in [4.78, 5) is 0. The van der Waals surface area contributed by atoms with Crippen LogP contribution in [-0.4, -0.2) is 6.71 Å². The summed E-state index contributed by atoms with van der Waals surface area (Å²) in [5.74, 6) is 3.64. The van der Waals surface area contributed by atoms with Crippen molar-refractivity contribution in [3.8, 4) is 23.0 Å². The molecule has 0 bridgehead atoms. The SMILES string of the molecule is C[n+]1cccc2c1B1c3c(cccc3Oc3c(C(C)(C)C)cc[n+](C)c31)O2. The van der Waals surface area contributed by atoms with E-state index in [0.29, 0.717) is 0 Å². The number of fused-ring (bicyclic) bond motifs is 4. The predicted molar refractivity (Wildman–Crippen MR) is 105 cm³/mol. The highest BCUT2D eigenvalue weighted by Crippen LogP contribution is 2.37. The molecule has 5 rings (SSSR count). The highest BCUT2D eigenvalue weighted by Gasteiger charge is 2.52. The number of aromatic nitrogens is 2. The molecule has 3 aromatic rings. The molecule has 0 fully saturated rings. The van der Waals surface area contributed by atoms with Gasteiger partial charge in [0.25, 0.3) is 0 Å². The zero-order chi connectivity index (χ0) is 18.9. The minimum Gasteiger partial charge on any atom is -0.452 e. The number of nitrogens with zero attached hydrogens (tertiary/aromatic N) is 2. The van der Waals surface area contributed by atoms with Crippen LogP contribution in [0.5, 0.6) is 23.0 Å². The van der Waals surface area contributed by atoms with E-state index >= 15 is 0 Å². The van der Waals surface area contributed by atoms with Crippen LogP contribution in [0.4, 0.5) is 0 Å². The first kappa shape index (κ1) is 16.4. The molecule has 134 valence electrons. The van der Waals surface area contributed by atoms with E-state index in [4.69, 9.17) is 9.47 Å². The second-order valence-electron chi connectivity index (χ2n) is 8.48. The van der Waals surface area contributed by atoms with E-state index in [2.05, 4.69) is 62.5 Å². The van der Waals surface area contributed by atoms with Crippen molar-refractivity contribution in [2.75, 3.05) is 0 Å². The topological polar surface area (TPSA) is 26.2 Å². The van der Waals surface area contributed by atoms with Gasteiger partial charge in [-0.15, -0.1) is 0 Å². The van der Waals surface area contributed by atoms with Crippen molar-refractivity contribution in [3.05, 3.63) is 54.4 Å². The van der Waals surface area contributed by atoms with E-state index in [1.54, 1.807) is 0 Å². The second-order valence-corrected chi connectivity index (χ2v) is 8.48. The number of pyridine rings is 2. The molecular formula is C22H23BN2O2+2. The van der Waals surface area contributed by atoms with Gasteiger partial charge < -0.3 is 9.47 Å². The van der Waals surface area contributed by atoms with Gasteiger partial charge >= 0.3 is 6.71 Å². The average Bonchev–Trinajstić information content (AvgIpc) is 2.60. The van der Waals surface area contributed by atoms with Crippen molar-refractivity contribution in [2.45, 2.75) is 26.2 Å². The zero-order valence-electron chi connectivity index (χ0n) is 16.4. The third kappa shape index (κ3) is 2.24. The maximum atomic E-state index is 6.51. The Morgan fingerprint density at radius 1 is 0.778 bits per heavy atom. The number of hydrogen-bond donors (Lipinski definition) is 0. The number of rotatable bonds is 0. The Labute approximate surface area is 160 Å². The first-order valence-corrected chi connectivity index (χ1v) is 9.36. The zero-order valence-corrected chi connectivity index (χ0v) is 16.4. The lowest BCUT2D eigenvalue weighted by Gasteiger charge is -2.31. The fourth-order valence-corrected chi connectivity index (χ4v) is 4.32. The maximum absolute atomic E-state index is 6.51. The molecule has 27 heavy (non-hydrogen) atoms. The summed E-state index contributed by atoms with van der Waals surface area (Å²) in [5, 5.41) is 0. The van der Waals surface area contributed by atoms with Gasteiger partial charge in [-0.05, 0) is 23.6 Å². The Morgan fingerprint density at radius 3 is 2.19 bits per heavy atom. The molecule has 2 aliphatic rings. The van der Waals surface area contributed by atoms with Gasteiger partial charge in [0.15, 0.2) is 35.1 Å². The van der Waals surface area contributed by atoms with Crippen molar-refractivity contribution >= 4 is 23.4 Å². The smallest absolute Gasteiger partial charge is 0.423 e. The van der Waals surface area contributed by atoms with Crippen molar-refractivity contribution < 1.29 is 18.6 Å². The van der Waals surface area contributed by atoms with Crippen molar-refractivity contribution in [2.24, 2.45) is 14.1 Å².